The molecule has 140 valence electrons. The third kappa shape index (κ3) is 2.95. The first-order valence-electron chi connectivity index (χ1n) is 8.34. The minimum Gasteiger partial charge on any atom is -0.419 e. The van der Waals surface area contributed by atoms with Crippen molar-refractivity contribution in [1.82, 2.24) is 20.3 Å². The van der Waals surface area contributed by atoms with Crippen molar-refractivity contribution in [2.24, 2.45) is 0 Å². The summed E-state index contributed by atoms with van der Waals surface area (Å²) in [6.45, 7) is 1.27. The molecule has 2 N–H and O–H groups in total. The molecule has 4 heterocycles. The molecule has 7 nitrogen and oxygen atoms in total. The van der Waals surface area contributed by atoms with Gasteiger partial charge in [-0.3, -0.25) is 4.79 Å². The topological polar surface area (TPSA) is 89.0 Å². The lowest BCUT2D eigenvalue weighted by Crippen LogP contribution is -2.24. The van der Waals surface area contributed by atoms with Gasteiger partial charge in [0.25, 0.3) is 5.91 Å². The quantitative estimate of drug-likeness (QED) is 0.411. The summed E-state index contributed by atoms with van der Waals surface area (Å²) in [4.78, 5) is 25.6. The molecule has 0 saturated carbocycles. The Hall–Kier alpha value is -2.49. The highest BCUT2D eigenvalue weighted by Crippen LogP contribution is 2.41. The number of aromatic nitrogens is 3. The van der Waals surface area contributed by atoms with E-state index in [1.165, 1.54) is 17.5 Å². The second kappa shape index (κ2) is 6.84. The van der Waals surface area contributed by atoms with Crippen LogP contribution < -0.4 is 15.4 Å². The molecule has 0 fully saturated rings. The van der Waals surface area contributed by atoms with Gasteiger partial charge in [-0.25, -0.2) is 9.97 Å². The van der Waals surface area contributed by atoms with Crippen LogP contribution in [0.15, 0.2) is 34.9 Å². The number of fused-ring (bicyclic) bond motifs is 5. The molecular weight excluding hydrogens is 466 g/mol. The van der Waals surface area contributed by atoms with Gasteiger partial charge in [-0.1, -0.05) is 0 Å². The minimum absolute atomic E-state index is 0.0484. The van der Waals surface area contributed by atoms with E-state index in [1.807, 2.05) is 18.2 Å². The van der Waals surface area contributed by atoms with Gasteiger partial charge in [0.15, 0.2) is 0 Å². The monoisotopic (exact) mass is 475 g/mol. The van der Waals surface area contributed by atoms with Crippen LogP contribution >= 0.6 is 38.9 Å². The van der Waals surface area contributed by atoms with E-state index < -0.39 is 0 Å². The van der Waals surface area contributed by atoms with Crippen molar-refractivity contribution in [3.8, 4) is 11.8 Å². The van der Waals surface area contributed by atoms with E-state index in [4.69, 9.17) is 16.3 Å². The Morgan fingerprint density at radius 3 is 2.89 bits per heavy atom. The molecule has 0 radical (unpaired) electrons. The van der Waals surface area contributed by atoms with Gasteiger partial charge >= 0.3 is 0 Å². The van der Waals surface area contributed by atoms with Crippen LogP contribution in [0.3, 0.4) is 0 Å². The van der Waals surface area contributed by atoms with Crippen molar-refractivity contribution in [2.45, 2.75) is 0 Å². The third-order valence-corrected chi connectivity index (χ3v) is 6.18. The SMILES string of the molecule is O=C1NCCNc2c1sc1ccc3nc(Oc4nc(Cl)ncc4Br)ccc3c21. The highest BCUT2D eigenvalue weighted by Gasteiger charge is 2.22. The maximum Gasteiger partial charge on any atom is 0.263 e. The van der Waals surface area contributed by atoms with E-state index in [1.54, 1.807) is 6.07 Å². The normalized spacial score (nSPS) is 13.7. The van der Waals surface area contributed by atoms with Crippen LogP contribution in [0.5, 0.6) is 11.8 Å². The molecule has 0 atom stereocenters. The molecule has 10 heteroatoms. The molecule has 1 aromatic carbocycles. The summed E-state index contributed by atoms with van der Waals surface area (Å²) in [5.41, 5.74) is 1.62. The van der Waals surface area contributed by atoms with Crippen molar-refractivity contribution < 1.29 is 9.53 Å². The second-order valence-electron chi connectivity index (χ2n) is 6.04. The second-order valence-corrected chi connectivity index (χ2v) is 8.28. The van der Waals surface area contributed by atoms with Gasteiger partial charge in [-0.2, -0.15) is 4.98 Å². The van der Waals surface area contributed by atoms with E-state index in [2.05, 4.69) is 41.5 Å². The number of nitrogens with one attached hydrogen (secondary N) is 2. The van der Waals surface area contributed by atoms with Crippen LogP contribution in [0.4, 0.5) is 5.69 Å². The summed E-state index contributed by atoms with van der Waals surface area (Å²) < 4.78 is 7.38. The standard InChI is InChI=1S/C18H11BrClN5O2S/c19-9-7-23-18(20)25-17(9)27-12-4-1-8-10(24-12)2-3-11-13(8)14-15(28-11)16(26)22-6-5-21-14/h1-4,7,21H,5-6H2,(H,22,26). The predicted octanol–water partition coefficient (Wildman–Crippen LogP) is 4.60. The highest BCUT2D eigenvalue weighted by molar-refractivity contribution is 9.10. The smallest absolute Gasteiger partial charge is 0.263 e. The molecule has 0 aliphatic carbocycles. The Morgan fingerprint density at radius 1 is 1.14 bits per heavy atom. The maximum atomic E-state index is 12.3. The fraction of sp³-hybridized carbons (Fsp3) is 0.111. The molecule has 4 aromatic rings. The van der Waals surface area contributed by atoms with Crippen molar-refractivity contribution in [1.29, 1.82) is 0 Å². The number of pyridine rings is 1. The molecule has 3 aromatic heterocycles. The lowest BCUT2D eigenvalue weighted by Gasteiger charge is -2.08. The van der Waals surface area contributed by atoms with Crippen LogP contribution in [-0.4, -0.2) is 33.9 Å². The van der Waals surface area contributed by atoms with E-state index in [0.29, 0.717) is 28.3 Å². The van der Waals surface area contributed by atoms with Gasteiger partial charge < -0.3 is 15.4 Å². The number of benzene rings is 1. The number of hydrogen-bond donors (Lipinski definition) is 2. The number of amides is 1. The lowest BCUT2D eigenvalue weighted by molar-refractivity contribution is 0.0962. The number of carbonyl (C=O) groups is 1. The molecular formula is C18H11BrClN5O2S. The van der Waals surface area contributed by atoms with Gasteiger partial charge in [0.05, 0.1) is 15.7 Å². The summed E-state index contributed by atoms with van der Waals surface area (Å²) in [5.74, 6) is 0.623. The molecule has 1 aliphatic rings. The summed E-state index contributed by atoms with van der Waals surface area (Å²) in [5, 5.41) is 8.31. The van der Waals surface area contributed by atoms with Crippen LogP contribution in [0.25, 0.3) is 21.0 Å². The predicted molar refractivity (Wildman–Crippen MR) is 113 cm³/mol. The first kappa shape index (κ1) is 17.6. The maximum absolute atomic E-state index is 12.3. The van der Waals surface area contributed by atoms with Crippen molar-refractivity contribution >= 4 is 71.5 Å². The number of ether oxygens (including phenoxy) is 1. The molecule has 0 unspecified atom stereocenters. The zero-order valence-corrected chi connectivity index (χ0v) is 17.3. The number of thiophene rings is 1. The number of rotatable bonds is 2. The summed E-state index contributed by atoms with van der Waals surface area (Å²) in [6, 6.07) is 7.60. The first-order valence-corrected chi connectivity index (χ1v) is 10.3. The molecule has 5 rings (SSSR count). The van der Waals surface area contributed by atoms with E-state index in [0.717, 1.165) is 26.7 Å². The Bertz CT molecular complexity index is 1260. The fourth-order valence-electron chi connectivity index (χ4n) is 3.11. The van der Waals surface area contributed by atoms with Gasteiger partial charge in [0.1, 0.15) is 4.88 Å². The Morgan fingerprint density at radius 2 is 2.00 bits per heavy atom. The van der Waals surface area contributed by atoms with Crippen molar-refractivity contribution in [3.63, 3.8) is 0 Å². The number of anilines is 1. The van der Waals surface area contributed by atoms with Crippen molar-refractivity contribution in [2.75, 3.05) is 18.4 Å². The minimum atomic E-state index is -0.0484. The highest BCUT2D eigenvalue weighted by atomic mass is 79.9. The van der Waals surface area contributed by atoms with Gasteiger partial charge in [-0.15, -0.1) is 11.3 Å². The zero-order chi connectivity index (χ0) is 19.3. The van der Waals surface area contributed by atoms with E-state index in [-0.39, 0.29) is 17.1 Å². The van der Waals surface area contributed by atoms with Gasteiger partial charge in [-0.05, 0) is 45.7 Å². The zero-order valence-electron chi connectivity index (χ0n) is 14.1. The molecule has 0 bridgehead atoms. The molecule has 1 amide bonds. The average Bonchev–Trinajstić information content (AvgIpc) is 2.97. The number of nitrogens with zero attached hydrogens (tertiary/aromatic N) is 3. The first-order chi connectivity index (χ1) is 13.6. The average molecular weight is 477 g/mol. The van der Waals surface area contributed by atoms with Crippen molar-refractivity contribution in [3.05, 3.63) is 45.1 Å². The van der Waals surface area contributed by atoms with E-state index in [9.17, 15) is 4.79 Å². The number of hydrogen-bond acceptors (Lipinski definition) is 7. The molecule has 0 saturated heterocycles. The fourth-order valence-corrected chi connectivity index (χ4v) is 4.62. The largest absolute Gasteiger partial charge is 0.419 e. The third-order valence-electron chi connectivity index (χ3n) is 4.30. The summed E-state index contributed by atoms with van der Waals surface area (Å²) in [7, 11) is 0. The number of carbonyl (C=O) groups excluding carboxylic acids is 1. The Balaban J connectivity index is 1.63. The van der Waals surface area contributed by atoms with Crippen LogP contribution in [0.1, 0.15) is 9.67 Å². The number of halogens is 2. The van der Waals surface area contributed by atoms with Crippen LogP contribution in [0, 0.1) is 0 Å². The lowest BCUT2D eigenvalue weighted by atomic mass is 10.1. The van der Waals surface area contributed by atoms with Crippen LogP contribution in [-0.2, 0) is 0 Å². The van der Waals surface area contributed by atoms with Crippen LogP contribution in [0.2, 0.25) is 5.28 Å². The Kier molecular flexibility index (Phi) is 4.30. The molecule has 1 aliphatic heterocycles. The van der Waals surface area contributed by atoms with Gasteiger partial charge in [0.2, 0.25) is 17.0 Å². The summed E-state index contributed by atoms with van der Waals surface area (Å²) >= 11 is 10.7. The Labute approximate surface area is 176 Å². The molecule has 0 spiro atoms. The summed E-state index contributed by atoms with van der Waals surface area (Å²) in [6.07, 6.45) is 1.52. The van der Waals surface area contributed by atoms with Gasteiger partial charge in [0, 0.05) is 40.8 Å². The van der Waals surface area contributed by atoms with E-state index >= 15 is 0 Å². The molecule has 28 heavy (non-hydrogen) atoms.